The molecule has 10 nitrogen and oxygen atoms in total. The number of halogens is 4. The van der Waals surface area contributed by atoms with Crippen LogP contribution in [0.3, 0.4) is 0 Å². The van der Waals surface area contributed by atoms with E-state index in [0.717, 1.165) is 25.5 Å². The number of aromatic nitrogens is 2. The van der Waals surface area contributed by atoms with E-state index in [1.807, 2.05) is 11.9 Å². The number of nitrogens with two attached hydrogens (primary N) is 1. The van der Waals surface area contributed by atoms with E-state index < -0.39 is 41.0 Å². The van der Waals surface area contributed by atoms with Crippen LogP contribution in [0.15, 0.2) is 18.7 Å². The van der Waals surface area contributed by atoms with Crippen molar-refractivity contribution in [2.45, 2.75) is 63.6 Å². The zero-order chi connectivity index (χ0) is 31.8. The molecule has 4 heterocycles. The average Bonchev–Trinajstić information content (AvgIpc) is 3.40. The van der Waals surface area contributed by atoms with Crippen LogP contribution in [0.5, 0.6) is 6.01 Å². The van der Waals surface area contributed by atoms with E-state index in [4.69, 9.17) is 20.2 Å². The Hall–Kier alpha value is -3.96. The van der Waals surface area contributed by atoms with Crippen molar-refractivity contribution >= 4 is 17.4 Å². The normalized spacial score (nSPS) is 22.4. The van der Waals surface area contributed by atoms with Crippen LogP contribution in [0, 0.1) is 24.1 Å². The highest BCUT2D eigenvalue weighted by Crippen LogP contribution is 2.44. The molecular formula is C30H35F4N7O3. The maximum Gasteiger partial charge on any atom is 0.417 e. The molecule has 236 valence electrons. The average molecular weight is 618 g/mol. The number of rotatable bonds is 7. The van der Waals surface area contributed by atoms with Crippen molar-refractivity contribution in [2.24, 2.45) is 0 Å². The zero-order valence-corrected chi connectivity index (χ0v) is 24.7. The lowest BCUT2D eigenvalue weighted by molar-refractivity contribution is -0.140. The third kappa shape index (κ3) is 6.16. The smallest absolute Gasteiger partial charge is 0.417 e. The summed E-state index contributed by atoms with van der Waals surface area (Å²) in [4.78, 5) is 27.4. The quantitative estimate of drug-likeness (QED) is 0.280. The van der Waals surface area contributed by atoms with Gasteiger partial charge in [0.15, 0.2) is 5.82 Å². The first-order valence-electron chi connectivity index (χ1n) is 14.5. The van der Waals surface area contributed by atoms with Crippen LogP contribution in [0.2, 0.25) is 0 Å². The van der Waals surface area contributed by atoms with Gasteiger partial charge in [-0.05, 0) is 51.1 Å². The van der Waals surface area contributed by atoms with Crippen LogP contribution >= 0.6 is 0 Å². The molecule has 44 heavy (non-hydrogen) atoms. The third-order valence-corrected chi connectivity index (χ3v) is 8.63. The first kappa shape index (κ1) is 31.5. The highest BCUT2D eigenvalue weighted by Gasteiger charge is 2.42. The number of carbonyl (C=O) groups excluding carboxylic acids is 1. The van der Waals surface area contributed by atoms with E-state index in [0.29, 0.717) is 36.8 Å². The van der Waals surface area contributed by atoms with Crippen molar-refractivity contribution in [3.05, 3.63) is 52.5 Å². The minimum Gasteiger partial charge on any atom is -0.462 e. The third-order valence-electron chi connectivity index (χ3n) is 8.63. The lowest BCUT2D eigenvalue weighted by Gasteiger charge is -2.42. The summed E-state index contributed by atoms with van der Waals surface area (Å²) < 4.78 is 69.8. The number of ether oxygens (including phenoxy) is 2. The number of hydrogen-bond donors (Lipinski definition) is 1. The molecule has 3 aliphatic heterocycles. The number of anilines is 2. The number of piperazine rings is 1. The van der Waals surface area contributed by atoms with Crippen LogP contribution in [-0.4, -0.2) is 77.6 Å². The number of nitrogen functional groups attached to an aromatic ring is 1. The van der Waals surface area contributed by atoms with Crippen LogP contribution in [0.4, 0.5) is 29.1 Å². The van der Waals surface area contributed by atoms with Gasteiger partial charge in [0, 0.05) is 43.2 Å². The molecule has 2 saturated heterocycles. The van der Waals surface area contributed by atoms with Crippen molar-refractivity contribution in [1.29, 1.82) is 5.26 Å². The fourth-order valence-corrected chi connectivity index (χ4v) is 6.36. The van der Waals surface area contributed by atoms with Gasteiger partial charge in [0.1, 0.15) is 12.4 Å². The van der Waals surface area contributed by atoms with Gasteiger partial charge in [-0.2, -0.15) is 28.4 Å². The Morgan fingerprint density at radius 3 is 2.73 bits per heavy atom. The highest BCUT2D eigenvalue weighted by atomic mass is 19.4. The summed E-state index contributed by atoms with van der Waals surface area (Å²) in [6.07, 6.45) is -3.08. The number of likely N-dealkylation sites (N-methyl/N-ethyl adjacent to an activating group) is 1. The predicted octanol–water partition coefficient (Wildman–Crippen LogP) is 3.93. The van der Waals surface area contributed by atoms with Crippen LogP contribution in [0.1, 0.15) is 53.3 Å². The molecule has 2 aromatic rings. The number of nitriles is 1. The van der Waals surface area contributed by atoms with Gasteiger partial charge in [0.05, 0.1) is 48.2 Å². The number of likely N-dealkylation sites (tertiary alicyclic amines) is 1. The second kappa shape index (κ2) is 12.6. The molecular weight excluding hydrogens is 582 g/mol. The van der Waals surface area contributed by atoms with Gasteiger partial charge >= 0.3 is 12.2 Å². The molecule has 1 amide bonds. The first-order chi connectivity index (χ1) is 20.9. The molecule has 14 heteroatoms. The van der Waals surface area contributed by atoms with E-state index in [2.05, 4.69) is 22.5 Å². The zero-order valence-electron chi connectivity index (χ0n) is 24.7. The molecule has 0 radical (unpaired) electrons. The van der Waals surface area contributed by atoms with Gasteiger partial charge < -0.3 is 29.9 Å². The monoisotopic (exact) mass is 617 g/mol. The molecule has 0 saturated carbocycles. The summed E-state index contributed by atoms with van der Waals surface area (Å²) in [5.74, 6) is -1.02. The van der Waals surface area contributed by atoms with E-state index >= 15 is 4.39 Å². The second-order valence-corrected chi connectivity index (χ2v) is 11.4. The van der Waals surface area contributed by atoms with Gasteiger partial charge in [0.25, 0.3) is 0 Å². The first-order valence-corrected chi connectivity index (χ1v) is 14.5. The minimum atomic E-state index is -4.84. The molecule has 3 atom stereocenters. The Balaban J connectivity index is 1.53. The molecule has 1 aromatic heterocycles. The Labute approximate surface area is 253 Å². The van der Waals surface area contributed by atoms with Gasteiger partial charge in [-0.15, -0.1) is 0 Å². The lowest BCUT2D eigenvalue weighted by Crippen LogP contribution is -2.55. The van der Waals surface area contributed by atoms with E-state index in [-0.39, 0.29) is 49.5 Å². The lowest BCUT2D eigenvalue weighted by atomic mass is 9.91. The molecule has 1 unspecified atom stereocenters. The number of alkyl halides is 3. The molecule has 3 aliphatic rings. The number of hydrogen-bond acceptors (Lipinski definition) is 9. The van der Waals surface area contributed by atoms with Crippen LogP contribution in [0.25, 0.3) is 0 Å². The van der Waals surface area contributed by atoms with Gasteiger partial charge in [-0.25, -0.2) is 4.39 Å². The topological polar surface area (TPSA) is 121 Å². The van der Waals surface area contributed by atoms with Crippen LogP contribution in [-0.2, 0) is 28.7 Å². The Morgan fingerprint density at radius 1 is 1.30 bits per heavy atom. The van der Waals surface area contributed by atoms with Gasteiger partial charge in [-0.1, -0.05) is 6.58 Å². The van der Waals surface area contributed by atoms with Crippen molar-refractivity contribution in [1.82, 2.24) is 19.8 Å². The van der Waals surface area contributed by atoms with Crippen molar-refractivity contribution in [2.75, 3.05) is 50.5 Å². The number of fused-ring (bicyclic) bond motifs is 1. The summed E-state index contributed by atoms with van der Waals surface area (Å²) in [6, 6.07) is 2.85. The highest BCUT2D eigenvalue weighted by molar-refractivity contribution is 5.87. The summed E-state index contributed by atoms with van der Waals surface area (Å²) in [5, 5.41) is 9.44. The Bertz CT molecular complexity index is 1480. The maximum atomic E-state index is 15.3. The number of amides is 1. The molecule has 2 N–H and O–H groups in total. The molecule has 5 rings (SSSR count). The van der Waals surface area contributed by atoms with E-state index in [1.54, 1.807) is 4.90 Å². The predicted molar refractivity (Wildman–Crippen MR) is 153 cm³/mol. The Morgan fingerprint density at radius 2 is 2.07 bits per heavy atom. The largest absolute Gasteiger partial charge is 0.462 e. The number of aryl methyl sites for hydroxylation is 1. The minimum absolute atomic E-state index is 0.0430. The number of nitrogens with zero attached hydrogens (tertiary/aromatic N) is 6. The maximum absolute atomic E-state index is 15.3. The Kier molecular flexibility index (Phi) is 8.99. The molecule has 0 spiro atoms. The van der Waals surface area contributed by atoms with Crippen LogP contribution < -0.4 is 15.4 Å². The van der Waals surface area contributed by atoms with Gasteiger partial charge in [-0.3, -0.25) is 4.79 Å². The van der Waals surface area contributed by atoms with E-state index in [9.17, 15) is 23.2 Å². The summed E-state index contributed by atoms with van der Waals surface area (Å²) >= 11 is 0. The molecule has 0 aliphatic carbocycles. The number of carbonyl (C=O) groups is 1. The summed E-state index contributed by atoms with van der Waals surface area (Å²) in [5.41, 5.74) is 4.29. The molecule has 2 fully saturated rings. The number of benzene rings is 1. The van der Waals surface area contributed by atoms with Gasteiger partial charge in [0.2, 0.25) is 5.91 Å². The molecule has 0 bridgehead atoms. The van der Waals surface area contributed by atoms with Crippen molar-refractivity contribution in [3.63, 3.8) is 0 Å². The second-order valence-electron chi connectivity index (χ2n) is 11.4. The summed E-state index contributed by atoms with van der Waals surface area (Å²) in [7, 11) is 2.00. The SMILES string of the molecule is C=CC(=O)N1CCN(c2nc(OC[C@@H]3CCCN3C)nc3c2COC(c2c(F)c(N)cc(C)c2C(F)(F)F)C3)C[C@@H]1CC#N. The fourth-order valence-electron chi connectivity index (χ4n) is 6.36. The van der Waals surface area contributed by atoms with E-state index in [1.165, 1.54) is 13.0 Å². The summed E-state index contributed by atoms with van der Waals surface area (Å²) in [6.45, 7) is 6.77. The standard InChI is InChI=1S/C30H35F4N7O3/c1-4-24(42)41-11-10-40(14-18(41)7-8-35)28-20-16-43-23(25-26(30(32,33)34)17(2)12-21(36)27(25)31)13-22(20)37-29(38-28)44-15-19-6-5-9-39(19)3/h4,12,18-19,23H,1,5-7,9-11,13-16,36H2,2-3H3/t18-,19-,23?/m0/s1. The van der Waals surface area contributed by atoms with Crippen molar-refractivity contribution < 1.29 is 31.8 Å². The molecule has 1 aromatic carbocycles. The van der Waals surface area contributed by atoms with Crippen molar-refractivity contribution in [3.8, 4) is 12.1 Å². The fraction of sp³-hybridized carbons (Fsp3) is 0.533.